The quantitative estimate of drug-likeness (QED) is 0.566. The first kappa shape index (κ1) is 23.0. The Morgan fingerprint density at radius 1 is 0.909 bits per heavy atom. The fourth-order valence-electron chi connectivity index (χ4n) is 4.22. The van der Waals surface area contributed by atoms with E-state index in [1.54, 1.807) is 41.3 Å². The van der Waals surface area contributed by atoms with E-state index in [1.807, 2.05) is 75.3 Å². The summed E-state index contributed by atoms with van der Waals surface area (Å²) >= 11 is 0. The number of rotatable bonds is 5. The molecule has 3 aromatic rings. The van der Waals surface area contributed by atoms with Crippen LogP contribution in [0.5, 0.6) is 0 Å². The van der Waals surface area contributed by atoms with Crippen molar-refractivity contribution in [3.8, 4) is 0 Å². The van der Waals surface area contributed by atoms with E-state index in [0.717, 1.165) is 16.8 Å². The Morgan fingerprint density at radius 2 is 1.52 bits per heavy atom. The number of carbonyl (C=O) groups excluding carboxylic acids is 1. The molecule has 0 aliphatic carbocycles. The molecule has 1 amide bonds. The Hall–Kier alpha value is -3.16. The highest BCUT2D eigenvalue weighted by Gasteiger charge is 2.47. The molecule has 1 saturated heterocycles. The molecule has 0 radical (unpaired) electrons. The van der Waals surface area contributed by atoms with Gasteiger partial charge >= 0.3 is 0 Å². The number of aryl methyl sites for hydroxylation is 1. The fourth-order valence-corrected chi connectivity index (χ4v) is 5.86. The van der Waals surface area contributed by atoms with Crippen LogP contribution in [0.2, 0.25) is 0 Å². The van der Waals surface area contributed by atoms with Crippen LogP contribution in [0, 0.1) is 6.92 Å². The van der Waals surface area contributed by atoms with Gasteiger partial charge in [0.05, 0.1) is 4.90 Å². The zero-order chi connectivity index (χ0) is 23.8. The largest absolute Gasteiger partial charge is 0.378 e. The molecule has 0 spiro atoms. The average Bonchev–Trinajstić information content (AvgIpc) is 3.17. The summed E-state index contributed by atoms with van der Waals surface area (Å²) in [6, 6.07) is 23.3. The SMILES string of the molecule is Cc1ccc(S(=O)(=O)N2C[C@H](C)N(C(=O)c3ccccc3)[C@H]2c2ccc(N(C)C)cc2)cc1. The van der Waals surface area contributed by atoms with Gasteiger partial charge in [-0.1, -0.05) is 48.0 Å². The summed E-state index contributed by atoms with van der Waals surface area (Å²) in [4.78, 5) is 17.5. The van der Waals surface area contributed by atoms with Crippen molar-refractivity contribution >= 4 is 21.6 Å². The summed E-state index contributed by atoms with van der Waals surface area (Å²) in [5.74, 6) is -0.189. The number of sulfonamides is 1. The Bertz CT molecular complexity index is 1220. The topological polar surface area (TPSA) is 60.9 Å². The number of carbonyl (C=O) groups is 1. The third kappa shape index (κ3) is 4.38. The van der Waals surface area contributed by atoms with E-state index in [1.165, 1.54) is 4.31 Å². The molecule has 7 heteroatoms. The molecule has 1 fully saturated rings. The fraction of sp³-hybridized carbons (Fsp3) is 0.269. The predicted octanol–water partition coefficient (Wildman–Crippen LogP) is 4.30. The molecular formula is C26H29N3O3S. The first-order valence-electron chi connectivity index (χ1n) is 10.9. The molecule has 33 heavy (non-hydrogen) atoms. The van der Waals surface area contributed by atoms with Crippen LogP contribution in [0.3, 0.4) is 0 Å². The van der Waals surface area contributed by atoms with Crippen LogP contribution in [0.15, 0.2) is 83.8 Å². The van der Waals surface area contributed by atoms with E-state index < -0.39 is 16.2 Å². The van der Waals surface area contributed by atoms with Crippen LogP contribution in [0.25, 0.3) is 0 Å². The van der Waals surface area contributed by atoms with Crippen LogP contribution in [0.1, 0.15) is 34.6 Å². The predicted molar refractivity (Wildman–Crippen MR) is 131 cm³/mol. The van der Waals surface area contributed by atoms with Crippen LogP contribution < -0.4 is 4.90 Å². The van der Waals surface area contributed by atoms with Crippen molar-refractivity contribution in [3.05, 3.63) is 95.6 Å². The average molecular weight is 464 g/mol. The standard InChI is InChI=1S/C26H29N3O3S/c1-19-10-16-24(17-11-19)33(31,32)28-18-20(2)29(26(30)22-8-6-5-7-9-22)25(28)21-12-14-23(15-13-21)27(3)4/h5-17,20,25H,18H2,1-4H3/t20-,25-/m0/s1. The van der Waals surface area contributed by atoms with Gasteiger partial charge in [-0.15, -0.1) is 0 Å². The maximum atomic E-state index is 13.7. The van der Waals surface area contributed by atoms with Gasteiger partial charge in [-0.3, -0.25) is 4.79 Å². The van der Waals surface area contributed by atoms with Crippen molar-refractivity contribution in [1.29, 1.82) is 0 Å². The molecule has 6 nitrogen and oxygen atoms in total. The summed E-state index contributed by atoms with van der Waals surface area (Å²) in [5.41, 5.74) is 3.28. The molecule has 1 aliphatic rings. The van der Waals surface area contributed by atoms with Crippen LogP contribution >= 0.6 is 0 Å². The smallest absolute Gasteiger partial charge is 0.255 e. The van der Waals surface area contributed by atoms with Gasteiger partial charge in [0.1, 0.15) is 6.17 Å². The van der Waals surface area contributed by atoms with Crippen LogP contribution in [-0.2, 0) is 10.0 Å². The van der Waals surface area contributed by atoms with E-state index in [4.69, 9.17) is 0 Å². The van der Waals surface area contributed by atoms with Crippen molar-refractivity contribution in [2.45, 2.75) is 31.0 Å². The number of amides is 1. The van der Waals surface area contributed by atoms with Crippen molar-refractivity contribution in [3.63, 3.8) is 0 Å². The molecule has 172 valence electrons. The van der Waals surface area contributed by atoms with Crippen molar-refractivity contribution in [1.82, 2.24) is 9.21 Å². The van der Waals surface area contributed by atoms with Gasteiger partial charge in [-0.2, -0.15) is 4.31 Å². The monoisotopic (exact) mass is 463 g/mol. The molecule has 0 bridgehead atoms. The first-order valence-corrected chi connectivity index (χ1v) is 12.4. The number of hydrogen-bond acceptors (Lipinski definition) is 4. The summed E-state index contributed by atoms with van der Waals surface area (Å²) in [6.07, 6.45) is -0.741. The van der Waals surface area contributed by atoms with Gasteiger partial charge < -0.3 is 9.80 Å². The molecule has 2 atom stereocenters. The third-order valence-corrected chi connectivity index (χ3v) is 7.88. The summed E-state index contributed by atoms with van der Waals surface area (Å²) < 4.78 is 28.9. The lowest BCUT2D eigenvalue weighted by Gasteiger charge is -2.32. The van der Waals surface area contributed by atoms with Crippen molar-refractivity contribution in [2.75, 3.05) is 25.5 Å². The molecule has 4 rings (SSSR count). The maximum Gasteiger partial charge on any atom is 0.255 e. The molecule has 0 saturated carbocycles. The van der Waals surface area contributed by atoms with Crippen molar-refractivity contribution < 1.29 is 13.2 Å². The highest BCUT2D eigenvalue weighted by Crippen LogP contribution is 2.39. The lowest BCUT2D eigenvalue weighted by molar-refractivity contribution is 0.0640. The van der Waals surface area contributed by atoms with E-state index in [9.17, 15) is 13.2 Å². The Morgan fingerprint density at radius 3 is 2.09 bits per heavy atom. The second kappa shape index (κ2) is 9.00. The van der Waals surface area contributed by atoms with E-state index in [2.05, 4.69) is 0 Å². The second-order valence-corrected chi connectivity index (χ2v) is 10.6. The highest BCUT2D eigenvalue weighted by molar-refractivity contribution is 7.89. The molecule has 0 N–H and O–H groups in total. The normalized spacial score (nSPS) is 19.0. The van der Waals surface area contributed by atoms with E-state index in [0.29, 0.717) is 5.56 Å². The number of hydrogen-bond donors (Lipinski definition) is 0. The number of benzene rings is 3. The minimum Gasteiger partial charge on any atom is -0.378 e. The molecular weight excluding hydrogens is 434 g/mol. The van der Waals surface area contributed by atoms with E-state index in [-0.39, 0.29) is 23.4 Å². The molecule has 1 aliphatic heterocycles. The lowest BCUT2D eigenvalue weighted by Crippen LogP contribution is -2.39. The highest BCUT2D eigenvalue weighted by atomic mass is 32.2. The zero-order valence-electron chi connectivity index (χ0n) is 19.3. The lowest BCUT2D eigenvalue weighted by atomic mass is 10.1. The minimum absolute atomic E-state index is 0.189. The first-order chi connectivity index (χ1) is 15.7. The molecule has 3 aromatic carbocycles. The second-order valence-electron chi connectivity index (χ2n) is 8.67. The third-order valence-electron chi connectivity index (χ3n) is 6.05. The van der Waals surface area contributed by atoms with Gasteiger partial charge in [0.2, 0.25) is 10.0 Å². The maximum absolute atomic E-state index is 13.7. The van der Waals surface area contributed by atoms with Crippen LogP contribution in [0.4, 0.5) is 5.69 Å². The Balaban J connectivity index is 1.81. The summed E-state index contributed by atoms with van der Waals surface area (Å²) in [7, 11) is 0.0691. The molecule has 0 aromatic heterocycles. The number of nitrogens with zero attached hydrogens (tertiary/aromatic N) is 3. The van der Waals surface area contributed by atoms with Gasteiger partial charge in [0.25, 0.3) is 5.91 Å². The van der Waals surface area contributed by atoms with E-state index >= 15 is 0 Å². The zero-order valence-corrected chi connectivity index (χ0v) is 20.2. The van der Waals surface area contributed by atoms with Gasteiger partial charge in [-0.25, -0.2) is 8.42 Å². The Kier molecular flexibility index (Phi) is 6.28. The summed E-state index contributed by atoms with van der Waals surface area (Å²) in [6.45, 7) is 4.03. The molecule has 1 heterocycles. The minimum atomic E-state index is -3.83. The number of anilines is 1. The summed E-state index contributed by atoms with van der Waals surface area (Å²) in [5, 5.41) is 0. The van der Waals surface area contributed by atoms with Gasteiger partial charge in [0, 0.05) is 37.9 Å². The van der Waals surface area contributed by atoms with Gasteiger partial charge in [-0.05, 0) is 55.8 Å². The van der Waals surface area contributed by atoms with Gasteiger partial charge in [0.15, 0.2) is 0 Å². The molecule has 0 unspecified atom stereocenters. The van der Waals surface area contributed by atoms with Crippen molar-refractivity contribution in [2.24, 2.45) is 0 Å². The van der Waals surface area contributed by atoms with Crippen LogP contribution in [-0.4, -0.2) is 50.2 Å². The Labute approximate surface area is 196 Å².